The molecule has 0 saturated carbocycles. The van der Waals surface area contributed by atoms with E-state index in [1.54, 1.807) is 12.3 Å². The summed E-state index contributed by atoms with van der Waals surface area (Å²) in [6.07, 6.45) is 7.32. The highest BCUT2D eigenvalue weighted by atomic mass is 16.1. The van der Waals surface area contributed by atoms with Gasteiger partial charge < -0.3 is 15.1 Å². The summed E-state index contributed by atoms with van der Waals surface area (Å²) >= 11 is 0. The monoisotopic (exact) mass is 337 g/mol. The molecule has 1 fully saturated rings. The molecule has 1 N–H and O–H groups in total. The molecule has 25 heavy (non-hydrogen) atoms. The van der Waals surface area contributed by atoms with E-state index in [-0.39, 0.29) is 5.91 Å². The van der Waals surface area contributed by atoms with Gasteiger partial charge in [0.05, 0.1) is 6.20 Å². The van der Waals surface area contributed by atoms with Gasteiger partial charge >= 0.3 is 0 Å². The van der Waals surface area contributed by atoms with Gasteiger partial charge in [-0.3, -0.25) is 4.79 Å². The molecule has 1 aliphatic rings. The fourth-order valence-electron chi connectivity index (χ4n) is 2.77. The SMILES string of the molecule is CN(C)c1nc(N2CCCC2)ncc1NC(=O)C=Cc1ccccc1. The number of carbonyl (C=O) groups is 1. The highest BCUT2D eigenvalue weighted by molar-refractivity contribution is 6.03. The first-order valence-corrected chi connectivity index (χ1v) is 8.47. The van der Waals surface area contributed by atoms with Crippen LogP contribution in [0.2, 0.25) is 0 Å². The Kier molecular flexibility index (Phi) is 5.28. The van der Waals surface area contributed by atoms with E-state index < -0.39 is 0 Å². The molecule has 1 aromatic heterocycles. The second-order valence-corrected chi connectivity index (χ2v) is 6.23. The molecule has 3 rings (SSSR count). The third-order valence-electron chi connectivity index (χ3n) is 4.05. The number of nitrogens with one attached hydrogen (secondary N) is 1. The third-order valence-corrected chi connectivity index (χ3v) is 4.05. The molecule has 6 nitrogen and oxygen atoms in total. The highest BCUT2D eigenvalue weighted by Gasteiger charge is 2.18. The number of carbonyl (C=O) groups excluding carboxylic acids is 1. The maximum atomic E-state index is 12.2. The minimum absolute atomic E-state index is 0.204. The summed E-state index contributed by atoms with van der Waals surface area (Å²) in [4.78, 5) is 25.3. The summed E-state index contributed by atoms with van der Waals surface area (Å²) in [6, 6.07) is 9.71. The summed E-state index contributed by atoms with van der Waals surface area (Å²) in [7, 11) is 3.82. The smallest absolute Gasteiger partial charge is 0.248 e. The standard InChI is InChI=1S/C19H23N5O/c1-23(2)18-16(14-20-19(22-18)24-12-6-7-13-24)21-17(25)11-10-15-8-4-3-5-9-15/h3-5,8-11,14H,6-7,12-13H2,1-2H3,(H,21,25). The minimum Gasteiger partial charge on any atom is -0.361 e. The quantitative estimate of drug-likeness (QED) is 0.850. The van der Waals surface area contributed by atoms with Gasteiger partial charge in [-0.1, -0.05) is 30.3 Å². The van der Waals surface area contributed by atoms with Gasteiger partial charge in [0.15, 0.2) is 5.82 Å². The normalized spacial score (nSPS) is 14.1. The van der Waals surface area contributed by atoms with E-state index in [1.807, 2.05) is 49.3 Å². The minimum atomic E-state index is -0.204. The zero-order valence-corrected chi connectivity index (χ0v) is 14.6. The zero-order chi connectivity index (χ0) is 17.6. The Bertz CT molecular complexity index is 752. The first-order valence-electron chi connectivity index (χ1n) is 8.47. The molecule has 2 aromatic rings. The van der Waals surface area contributed by atoms with Gasteiger partial charge in [-0.25, -0.2) is 4.98 Å². The Labute approximate surface area is 148 Å². The molecule has 1 aromatic carbocycles. The van der Waals surface area contributed by atoms with Crippen LogP contribution in [0.15, 0.2) is 42.6 Å². The van der Waals surface area contributed by atoms with Crippen molar-refractivity contribution in [3.8, 4) is 0 Å². The van der Waals surface area contributed by atoms with E-state index in [0.717, 1.165) is 24.6 Å². The summed E-state index contributed by atoms with van der Waals surface area (Å²) in [5.74, 6) is 1.22. The second-order valence-electron chi connectivity index (χ2n) is 6.23. The lowest BCUT2D eigenvalue weighted by molar-refractivity contribution is -0.111. The first kappa shape index (κ1) is 17.0. The summed E-state index contributed by atoms with van der Waals surface area (Å²) in [5, 5.41) is 2.87. The van der Waals surface area contributed by atoms with Crippen molar-refractivity contribution in [2.45, 2.75) is 12.8 Å². The van der Waals surface area contributed by atoms with E-state index in [1.165, 1.54) is 18.9 Å². The van der Waals surface area contributed by atoms with Crippen molar-refractivity contribution in [2.24, 2.45) is 0 Å². The second kappa shape index (κ2) is 7.79. The van der Waals surface area contributed by atoms with Crippen molar-refractivity contribution in [3.63, 3.8) is 0 Å². The molecular weight excluding hydrogens is 314 g/mol. The molecule has 2 heterocycles. The van der Waals surface area contributed by atoms with Crippen molar-refractivity contribution >= 4 is 29.4 Å². The molecule has 1 saturated heterocycles. The van der Waals surface area contributed by atoms with Crippen LogP contribution in [-0.2, 0) is 4.79 Å². The van der Waals surface area contributed by atoms with Crippen LogP contribution < -0.4 is 15.1 Å². The maximum Gasteiger partial charge on any atom is 0.248 e. The molecule has 1 amide bonds. The topological polar surface area (TPSA) is 61.4 Å². The van der Waals surface area contributed by atoms with Crippen LogP contribution in [0.3, 0.4) is 0 Å². The number of aromatic nitrogens is 2. The number of benzene rings is 1. The number of hydrogen-bond acceptors (Lipinski definition) is 5. The molecule has 0 unspecified atom stereocenters. The van der Waals surface area contributed by atoms with Crippen LogP contribution in [0.5, 0.6) is 0 Å². The summed E-state index contributed by atoms with van der Waals surface area (Å²) in [6.45, 7) is 1.97. The average molecular weight is 337 g/mol. The lowest BCUT2D eigenvalue weighted by atomic mass is 10.2. The largest absolute Gasteiger partial charge is 0.361 e. The number of amides is 1. The van der Waals surface area contributed by atoms with Crippen LogP contribution in [0.1, 0.15) is 18.4 Å². The average Bonchev–Trinajstić information content (AvgIpc) is 3.16. The molecule has 130 valence electrons. The van der Waals surface area contributed by atoms with E-state index in [4.69, 9.17) is 0 Å². The molecule has 0 atom stereocenters. The van der Waals surface area contributed by atoms with E-state index >= 15 is 0 Å². The van der Waals surface area contributed by atoms with E-state index in [0.29, 0.717) is 11.5 Å². The van der Waals surface area contributed by atoms with Crippen LogP contribution in [0.4, 0.5) is 17.5 Å². The zero-order valence-electron chi connectivity index (χ0n) is 14.6. The molecule has 0 aliphatic carbocycles. The Morgan fingerprint density at radius 2 is 1.92 bits per heavy atom. The van der Waals surface area contributed by atoms with Crippen molar-refractivity contribution in [1.29, 1.82) is 0 Å². The van der Waals surface area contributed by atoms with Crippen molar-refractivity contribution < 1.29 is 4.79 Å². The van der Waals surface area contributed by atoms with Crippen LogP contribution in [0, 0.1) is 0 Å². The molecule has 1 aliphatic heterocycles. The molecular formula is C19H23N5O. The van der Waals surface area contributed by atoms with Gasteiger partial charge in [0.2, 0.25) is 11.9 Å². The predicted molar refractivity (Wildman–Crippen MR) is 102 cm³/mol. The van der Waals surface area contributed by atoms with Crippen molar-refractivity contribution in [1.82, 2.24) is 9.97 Å². The Morgan fingerprint density at radius 3 is 2.60 bits per heavy atom. The van der Waals surface area contributed by atoms with Crippen LogP contribution in [-0.4, -0.2) is 43.1 Å². The van der Waals surface area contributed by atoms with E-state index in [9.17, 15) is 4.79 Å². The lowest BCUT2D eigenvalue weighted by Crippen LogP contribution is -2.23. The molecule has 0 spiro atoms. The third kappa shape index (κ3) is 4.35. The predicted octanol–water partition coefficient (Wildman–Crippen LogP) is 2.79. The fraction of sp³-hybridized carbons (Fsp3) is 0.316. The van der Waals surface area contributed by atoms with Crippen molar-refractivity contribution in [2.75, 3.05) is 42.3 Å². The highest BCUT2D eigenvalue weighted by Crippen LogP contribution is 2.25. The van der Waals surface area contributed by atoms with Gasteiger partial charge in [-0.15, -0.1) is 0 Å². The van der Waals surface area contributed by atoms with Gasteiger partial charge in [0.25, 0.3) is 0 Å². The maximum absolute atomic E-state index is 12.2. The van der Waals surface area contributed by atoms with Gasteiger partial charge in [-0.05, 0) is 24.5 Å². The Balaban J connectivity index is 1.74. The molecule has 0 radical (unpaired) electrons. The molecule has 6 heteroatoms. The number of hydrogen-bond donors (Lipinski definition) is 1. The van der Waals surface area contributed by atoms with Crippen LogP contribution in [0.25, 0.3) is 6.08 Å². The Morgan fingerprint density at radius 1 is 1.20 bits per heavy atom. The van der Waals surface area contributed by atoms with Crippen molar-refractivity contribution in [3.05, 3.63) is 48.2 Å². The van der Waals surface area contributed by atoms with Gasteiger partial charge in [0.1, 0.15) is 5.69 Å². The number of rotatable bonds is 5. The summed E-state index contributed by atoms with van der Waals surface area (Å²) in [5.41, 5.74) is 1.58. The first-order chi connectivity index (χ1) is 12.1. The number of nitrogens with zero attached hydrogens (tertiary/aromatic N) is 4. The lowest BCUT2D eigenvalue weighted by Gasteiger charge is -2.20. The fourth-order valence-corrected chi connectivity index (χ4v) is 2.77. The van der Waals surface area contributed by atoms with E-state index in [2.05, 4.69) is 20.2 Å². The Hall–Kier alpha value is -2.89. The van der Waals surface area contributed by atoms with Gasteiger partial charge in [-0.2, -0.15) is 4.98 Å². The van der Waals surface area contributed by atoms with Crippen LogP contribution >= 0.6 is 0 Å². The molecule has 0 bridgehead atoms. The number of anilines is 3. The van der Waals surface area contributed by atoms with Gasteiger partial charge in [0, 0.05) is 33.3 Å². The summed E-state index contributed by atoms with van der Waals surface area (Å²) < 4.78 is 0.